The number of carboxylic acids is 1. The van der Waals surface area contributed by atoms with Gasteiger partial charge in [-0.05, 0) is 45.4 Å². The van der Waals surface area contributed by atoms with E-state index in [-0.39, 0.29) is 25.0 Å². The van der Waals surface area contributed by atoms with Crippen molar-refractivity contribution in [2.75, 3.05) is 13.6 Å². The van der Waals surface area contributed by atoms with E-state index in [1.165, 1.54) is 19.3 Å². The number of carbonyl (C=O) groups excluding carboxylic acids is 1. The number of urea groups is 1. The predicted molar refractivity (Wildman–Crippen MR) is 83.3 cm³/mol. The number of carbonyl (C=O) groups is 2. The largest absolute Gasteiger partial charge is 0.481 e. The van der Waals surface area contributed by atoms with Gasteiger partial charge >= 0.3 is 12.0 Å². The zero-order chi connectivity index (χ0) is 16.0. The van der Waals surface area contributed by atoms with Crippen LogP contribution < -0.4 is 0 Å². The monoisotopic (exact) mass is 298 g/mol. The Morgan fingerprint density at radius 1 is 1.19 bits per heavy atom. The average Bonchev–Trinajstić information content (AvgIpc) is 2.45. The highest BCUT2D eigenvalue weighted by Gasteiger charge is 2.29. The number of hydrogen-bond donors (Lipinski definition) is 1. The molecule has 0 unspecified atom stereocenters. The van der Waals surface area contributed by atoms with Gasteiger partial charge < -0.3 is 14.9 Å². The molecule has 5 heteroatoms. The molecular formula is C16H30N2O3. The van der Waals surface area contributed by atoms with Crippen LogP contribution in [-0.4, -0.2) is 52.6 Å². The minimum atomic E-state index is -0.862. The second-order valence-electron chi connectivity index (χ2n) is 6.41. The van der Waals surface area contributed by atoms with Crippen molar-refractivity contribution in [1.82, 2.24) is 9.80 Å². The lowest BCUT2D eigenvalue weighted by molar-refractivity contribution is -0.137. The standard InChI is InChI=1S/C16H30N2O3/c1-5-13-6-8-14(9-7-13)17(4)16(21)18(12(2)3)11-10-15(19)20/h12-14H,5-11H2,1-4H3,(H,19,20). The molecule has 21 heavy (non-hydrogen) atoms. The first-order valence-corrected chi connectivity index (χ1v) is 8.12. The van der Waals surface area contributed by atoms with Crippen molar-refractivity contribution in [3.8, 4) is 0 Å². The van der Waals surface area contributed by atoms with E-state index in [0.29, 0.717) is 6.04 Å². The van der Waals surface area contributed by atoms with Crippen LogP contribution >= 0.6 is 0 Å². The lowest BCUT2D eigenvalue weighted by Gasteiger charge is -2.38. The first-order chi connectivity index (χ1) is 9.86. The number of carboxylic acid groups (broad SMARTS) is 1. The van der Waals surface area contributed by atoms with Crippen LogP contribution in [0.3, 0.4) is 0 Å². The van der Waals surface area contributed by atoms with Crippen molar-refractivity contribution in [3.63, 3.8) is 0 Å². The van der Waals surface area contributed by atoms with Crippen molar-refractivity contribution in [2.24, 2.45) is 5.92 Å². The second-order valence-corrected chi connectivity index (χ2v) is 6.41. The third-order valence-corrected chi connectivity index (χ3v) is 4.68. The van der Waals surface area contributed by atoms with E-state index in [1.54, 1.807) is 4.90 Å². The molecule has 1 fully saturated rings. The molecule has 0 heterocycles. The maximum absolute atomic E-state index is 12.6. The van der Waals surface area contributed by atoms with E-state index in [9.17, 15) is 9.59 Å². The molecular weight excluding hydrogens is 268 g/mol. The van der Waals surface area contributed by atoms with Gasteiger partial charge in [-0.15, -0.1) is 0 Å². The van der Waals surface area contributed by atoms with Crippen LogP contribution in [0.15, 0.2) is 0 Å². The van der Waals surface area contributed by atoms with Gasteiger partial charge in [0.2, 0.25) is 0 Å². The summed E-state index contributed by atoms with van der Waals surface area (Å²) in [5.41, 5.74) is 0. The molecule has 2 amide bonds. The maximum atomic E-state index is 12.6. The van der Waals surface area contributed by atoms with Crippen LogP contribution in [0.25, 0.3) is 0 Å². The summed E-state index contributed by atoms with van der Waals surface area (Å²) in [5.74, 6) is -0.0579. The highest BCUT2D eigenvalue weighted by molar-refractivity contribution is 5.76. The fraction of sp³-hybridized carbons (Fsp3) is 0.875. The minimum Gasteiger partial charge on any atom is -0.481 e. The fourth-order valence-electron chi connectivity index (χ4n) is 3.09. The molecule has 0 aromatic carbocycles. The molecule has 0 saturated heterocycles. The Hall–Kier alpha value is -1.26. The number of nitrogens with zero attached hydrogens (tertiary/aromatic N) is 2. The van der Waals surface area contributed by atoms with Gasteiger partial charge in [-0.3, -0.25) is 4.79 Å². The van der Waals surface area contributed by atoms with Crippen LogP contribution in [0.2, 0.25) is 0 Å². The quantitative estimate of drug-likeness (QED) is 0.819. The second kappa shape index (κ2) is 8.25. The van der Waals surface area contributed by atoms with Crippen LogP contribution in [0.5, 0.6) is 0 Å². The summed E-state index contributed by atoms with van der Waals surface area (Å²) >= 11 is 0. The molecule has 0 atom stereocenters. The van der Waals surface area contributed by atoms with Gasteiger partial charge in [-0.2, -0.15) is 0 Å². The average molecular weight is 298 g/mol. The van der Waals surface area contributed by atoms with E-state index >= 15 is 0 Å². The van der Waals surface area contributed by atoms with Crippen molar-refractivity contribution in [2.45, 2.75) is 71.4 Å². The Morgan fingerprint density at radius 2 is 1.76 bits per heavy atom. The van der Waals surface area contributed by atoms with Crippen molar-refractivity contribution < 1.29 is 14.7 Å². The van der Waals surface area contributed by atoms with Crippen molar-refractivity contribution in [3.05, 3.63) is 0 Å². The molecule has 1 rings (SSSR count). The smallest absolute Gasteiger partial charge is 0.320 e. The van der Waals surface area contributed by atoms with Crippen molar-refractivity contribution >= 4 is 12.0 Å². The normalized spacial score (nSPS) is 22.1. The zero-order valence-electron chi connectivity index (χ0n) is 13.8. The lowest BCUT2D eigenvalue weighted by atomic mass is 9.84. The molecule has 5 nitrogen and oxygen atoms in total. The minimum absolute atomic E-state index is 0.000333. The number of amides is 2. The van der Waals surface area contributed by atoms with Crippen molar-refractivity contribution in [1.29, 1.82) is 0 Å². The van der Waals surface area contributed by atoms with Crippen LogP contribution in [0.1, 0.15) is 59.3 Å². The highest BCUT2D eigenvalue weighted by atomic mass is 16.4. The molecule has 1 aliphatic rings. The Balaban J connectivity index is 2.59. The summed E-state index contributed by atoms with van der Waals surface area (Å²) in [7, 11) is 1.86. The Bertz CT molecular complexity index is 349. The van der Waals surface area contributed by atoms with E-state index in [2.05, 4.69) is 6.92 Å². The Morgan fingerprint density at radius 3 is 2.19 bits per heavy atom. The van der Waals surface area contributed by atoms with Crippen LogP contribution in [0.4, 0.5) is 4.79 Å². The zero-order valence-corrected chi connectivity index (χ0v) is 13.8. The summed E-state index contributed by atoms with van der Waals surface area (Å²) in [6.07, 6.45) is 5.73. The Kier molecular flexibility index (Phi) is 6.99. The van der Waals surface area contributed by atoms with Gasteiger partial charge in [0.25, 0.3) is 0 Å². The Labute approximate surface area is 128 Å². The number of rotatable bonds is 6. The van der Waals surface area contributed by atoms with Crippen LogP contribution in [0, 0.1) is 5.92 Å². The topological polar surface area (TPSA) is 60.9 Å². The lowest BCUT2D eigenvalue weighted by Crippen LogP contribution is -2.50. The molecule has 122 valence electrons. The number of hydrogen-bond acceptors (Lipinski definition) is 2. The van der Waals surface area contributed by atoms with E-state index in [0.717, 1.165) is 18.8 Å². The summed E-state index contributed by atoms with van der Waals surface area (Å²) < 4.78 is 0. The number of aliphatic carboxylic acids is 1. The summed E-state index contributed by atoms with van der Waals surface area (Å²) in [6.45, 7) is 6.37. The molecule has 1 saturated carbocycles. The van der Waals surface area contributed by atoms with E-state index in [1.807, 2.05) is 25.8 Å². The predicted octanol–water partition coefficient (Wildman–Crippen LogP) is 3.19. The molecule has 0 aromatic rings. The fourth-order valence-corrected chi connectivity index (χ4v) is 3.09. The van der Waals surface area contributed by atoms with Crippen LogP contribution in [-0.2, 0) is 4.79 Å². The maximum Gasteiger partial charge on any atom is 0.320 e. The van der Waals surface area contributed by atoms with Gasteiger partial charge in [0.05, 0.1) is 6.42 Å². The first kappa shape index (κ1) is 17.8. The summed E-state index contributed by atoms with van der Waals surface area (Å²) in [5, 5.41) is 8.82. The third-order valence-electron chi connectivity index (χ3n) is 4.68. The van der Waals surface area contributed by atoms with Gasteiger partial charge in [-0.25, -0.2) is 4.79 Å². The molecule has 0 aromatic heterocycles. The first-order valence-electron chi connectivity index (χ1n) is 8.12. The molecule has 0 radical (unpaired) electrons. The van der Waals surface area contributed by atoms with E-state index in [4.69, 9.17) is 5.11 Å². The van der Waals surface area contributed by atoms with Gasteiger partial charge in [0.15, 0.2) is 0 Å². The molecule has 0 spiro atoms. The molecule has 1 aliphatic carbocycles. The van der Waals surface area contributed by atoms with E-state index < -0.39 is 5.97 Å². The highest BCUT2D eigenvalue weighted by Crippen LogP contribution is 2.29. The van der Waals surface area contributed by atoms with Gasteiger partial charge in [0, 0.05) is 25.7 Å². The summed E-state index contributed by atoms with van der Waals surface area (Å²) in [6, 6.07) is 0.281. The molecule has 1 N–H and O–H groups in total. The SMILES string of the molecule is CCC1CCC(N(C)C(=O)N(CCC(=O)O)C(C)C)CC1. The van der Waals surface area contributed by atoms with Gasteiger partial charge in [-0.1, -0.05) is 13.3 Å². The summed E-state index contributed by atoms with van der Waals surface area (Å²) in [4.78, 5) is 26.8. The van der Waals surface area contributed by atoms with Gasteiger partial charge in [0.1, 0.15) is 0 Å². The molecule has 0 aliphatic heterocycles. The third kappa shape index (κ3) is 5.21. The molecule has 0 bridgehead atoms.